The van der Waals surface area contributed by atoms with Crippen LogP contribution in [0.25, 0.3) is 0 Å². The van der Waals surface area contributed by atoms with E-state index in [0.29, 0.717) is 12.8 Å². The molecule has 0 spiro atoms. The summed E-state index contributed by atoms with van der Waals surface area (Å²) >= 11 is 0. The predicted octanol–water partition coefficient (Wildman–Crippen LogP) is 2.57. The molecule has 0 saturated heterocycles. The Kier molecular flexibility index (Phi) is 8.00. The molecule has 2 aromatic carbocycles. The van der Waals surface area contributed by atoms with Gasteiger partial charge in [-0.3, -0.25) is 14.9 Å². The van der Waals surface area contributed by atoms with Crippen LogP contribution in [0.5, 0.6) is 0 Å². The largest absolute Gasteiger partial charge is 0.480 e. The molecule has 3 atom stereocenters. The van der Waals surface area contributed by atoms with Crippen LogP contribution < -0.4 is 5.32 Å². The van der Waals surface area contributed by atoms with Crippen molar-refractivity contribution in [2.75, 3.05) is 6.61 Å². The number of amides is 1. The lowest BCUT2D eigenvalue weighted by Crippen LogP contribution is -2.56. The van der Waals surface area contributed by atoms with Crippen molar-refractivity contribution < 1.29 is 24.2 Å². The number of hydrogen-bond donors (Lipinski definition) is 2. The molecule has 0 radical (unpaired) electrons. The van der Waals surface area contributed by atoms with Crippen LogP contribution in [0.2, 0.25) is 0 Å². The van der Waals surface area contributed by atoms with Gasteiger partial charge in [0.25, 0.3) is 0 Å². The van der Waals surface area contributed by atoms with Crippen LogP contribution in [0.1, 0.15) is 37.0 Å². The molecule has 0 fully saturated rings. The average Bonchev–Trinajstić information content (AvgIpc) is 2.80. The van der Waals surface area contributed by atoms with Crippen molar-refractivity contribution in [2.24, 2.45) is 0 Å². The monoisotopic (exact) mass is 438 g/mol. The molecule has 0 unspecified atom stereocenters. The summed E-state index contributed by atoms with van der Waals surface area (Å²) in [4.78, 5) is 39.1. The summed E-state index contributed by atoms with van der Waals surface area (Å²) in [7, 11) is 0. The van der Waals surface area contributed by atoms with Gasteiger partial charge in [-0.2, -0.15) is 0 Å². The van der Waals surface area contributed by atoms with Crippen molar-refractivity contribution in [3.8, 4) is 0 Å². The molecule has 0 saturated carbocycles. The van der Waals surface area contributed by atoms with E-state index < -0.39 is 30.1 Å². The van der Waals surface area contributed by atoms with Gasteiger partial charge in [-0.15, -0.1) is 0 Å². The van der Waals surface area contributed by atoms with Crippen LogP contribution in [-0.4, -0.2) is 52.6 Å². The van der Waals surface area contributed by atoms with Gasteiger partial charge in [0.2, 0.25) is 5.91 Å². The molecule has 170 valence electrons. The number of esters is 1. The van der Waals surface area contributed by atoms with Crippen LogP contribution in [0.4, 0.5) is 0 Å². The third-order valence-electron chi connectivity index (χ3n) is 5.77. The maximum atomic E-state index is 13.3. The minimum atomic E-state index is -1.04. The molecule has 0 bridgehead atoms. The zero-order valence-corrected chi connectivity index (χ0v) is 18.5. The van der Waals surface area contributed by atoms with Gasteiger partial charge in [0.15, 0.2) is 0 Å². The first-order valence-corrected chi connectivity index (χ1v) is 11.0. The zero-order chi connectivity index (χ0) is 23.1. The summed E-state index contributed by atoms with van der Waals surface area (Å²) < 4.78 is 5.20. The first-order valence-electron chi connectivity index (χ1n) is 11.0. The number of aryl methyl sites for hydroxylation is 1. The normalized spacial score (nSPS) is 17.2. The molecule has 0 aromatic heterocycles. The van der Waals surface area contributed by atoms with E-state index in [-0.39, 0.29) is 25.5 Å². The highest BCUT2D eigenvalue weighted by Gasteiger charge is 2.37. The Morgan fingerprint density at radius 1 is 1.09 bits per heavy atom. The summed E-state index contributed by atoms with van der Waals surface area (Å²) in [5.74, 6) is -1.80. The fraction of sp³-hybridized carbons (Fsp3) is 0.400. The number of benzene rings is 2. The minimum Gasteiger partial charge on any atom is -0.480 e. The number of carboxylic acids is 1. The van der Waals surface area contributed by atoms with Gasteiger partial charge in [-0.1, -0.05) is 54.6 Å². The number of hydrogen-bond acceptors (Lipinski definition) is 5. The quantitative estimate of drug-likeness (QED) is 0.584. The van der Waals surface area contributed by atoms with Crippen molar-refractivity contribution in [3.63, 3.8) is 0 Å². The molecule has 7 nitrogen and oxygen atoms in total. The van der Waals surface area contributed by atoms with Gasteiger partial charge in [0.05, 0.1) is 12.6 Å². The van der Waals surface area contributed by atoms with E-state index in [2.05, 4.69) is 5.32 Å². The first kappa shape index (κ1) is 23.5. The maximum Gasteiger partial charge on any atom is 0.326 e. The van der Waals surface area contributed by atoms with E-state index in [1.807, 2.05) is 54.6 Å². The molecule has 2 N–H and O–H groups in total. The molecule has 1 aliphatic heterocycles. The third kappa shape index (κ3) is 5.73. The van der Waals surface area contributed by atoms with Gasteiger partial charge in [0.1, 0.15) is 12.1 Å². The molecule has 1 aliphatic rings. The lowest BCUT2D eigenvalue weighted by molar-refractivity contribution is -0.153. The number of fused-ring (bicyclic) bond motifs is 1. The molecule has 1 amide bonds. The van der Waals surface area contributed by atoms with Crippen molar-refractivity contribution in [2.45, 2.75) is 57.8 Å². The molecule has 7 heteroatoms. The lowest BCUT2D eigenvalue weighted by Gasteiger charge is -2.36. The van der Waals surface area contributed by atoms with Crippen LogP contribution in [0, 0.1) is 0 Å². The summed E-state index contributed by atoms with van der Waals surface area (Å²) in [6.07, 6.45) is 1.37. The number of carboxylic acid groups (broad SMARTS) is 1. The Labute approximate surface area is 188 Å². The van der Waals surface area contributed by atoms with Gasteiger partial charge < -0.3 is 14.7 Å². The SMILES string of the molecule is CCOC(=O)[C@@H](CCc1ccccc1)N[C@@H](C)C(=O)N1Cc2ccccc2C[C@H]1C(=O)O. The first-order chi connectivity index (χ1) is 15.4. The predicted molar refractivity (Wildman–Crippen MR) is 120 cm³/mol. The van der Waals surface area contributed by atoms with E-state index in [1.54, 1.807) is 13.8 Å². The van der Waals surface area contributed by atoms with Crippen LogP contribution in [0.15, 0.2) is 54.6 Å². The number of carbonyl (C=O) groups excluding carboxylic acids is 2. The Balaban J connectivity index is 1.72. The van der Waals surface area contributed by atoms with E-state index in [9.17, 15) is 19.5 Å². The standard InChI is InChI=1S/C25H30N2O5/c1-3-32-25(31)21(14-13-18-9-5-4-6-10-18)26-17(2)23(28)27-16-20-12-8-7-11-19(20)15-22(27)24(29)30/h4-12,17,21-22,26H,3,13-16H2,1-2H3,(H,29,30)/t17-,21+,22-/m0/s1. The van der Waals surface area contributed by atoms with Crippen LogP contribution >= 0.6 is 0 Å². The number of rotatable bonds is 9. The highest BCUT2D eigenvalue weighted by molar-refractivity contribution is 5.88. The number of carbonyl (C=O) groups is 3. The van der Waals surface area contributed by atoms with Gasteiger partial charge in [0, 0.05) is 13.0 Å². The maximum absolute atomic E-state index is 13.3. The average molecular weight is 439 g/mol. The summed E-state index contributed by atoms with van der Waals surface area (Å²) in [5, 5.41) is 12.8. The summed E-state index contributed by atoms with van der Waals surface area (Å²) in [5.41, 5.74) is 2.97. The number of ether oxygens (including phenoxy) is 1. The molecule has 3 rings (SSSR count). The molecule has 0 aliphatic carbocycles. The number of nitrogens with one attached hydrogen (secondary N) is 1. The topological polar surface area (TPSA) is 95.9 Å². The lowest BCUT2D eigenvalue weighted by atomic mass is 9.93. The summed E-state index contributed by atoms with van der Waals surface area (Å²) in [6.45, 7) is 3.88. The molecular weight excluding hydrogens is 408 g/mol. The smallest absolute Gasteiger partial charge is 0.326 e. The van der Waals surface area contributed by atoms with Crippen molar-refractivity contribution in [1.29, 1.82) is 0 Å². The molecular formula is C25H30N2O5. The van der Waals surface area contributed by atoms with E-state index >= 15 is 0 Å². The molecule has 2 aromatic rings. The van der Waals surface area contributed by atoms with Gasteiger partial charge >= 0.3 is 11.9 Å². The summed E-state index contributed by atoms with van der Waals surface area (Å²) in [6, 6.07) is 15.0. The second-order valence-corrected chi connectivity index (χ2v) is 8.01. The van der Waals surface area contributed by atoms with Crippen molar-refractivity contribution in [1.82, 2.24) is 10.2 Å². The minimum absolute atomic E-state index is 0.228. The fourth-order valence-corrected chi connectivity index (χ4v) is 4.06. The second-order valence-electron chi connectivity index (χ2n) is 8.01. The van der Waals surface area contributed by atoms with Gasteiger partial charge in [-0.05, 0) is 43.4 Å². The third-order valence-corrected chi connectivity index (χ3v) is 5.77. The Morgan fingerprint density at radius 2 is 1.75 bits per heavy atom. The van der Waals surface area contributed by atoms with Crippen LogP contribution in [0.3, 0.4) is 0 Å². The number of nitrogens with zero attached hydrogens (tertiary/aromatic N) is 1. The Morgan fingerprint density at radius 3 is 2.41 bits per heavy atom. The highest BCUT2D eigenvalue weighted by atomic mass is 16.5. The van der Waals surface area contributed by atoms with Crippen molar-refractivity contribution in [3.05, 3.63) is 71.3 Å². The highest BCUT2D eigenvalue weighted by Crippen LogP contribution is 2.24. The van der Waals surface area contributed by atoms with E-state index in [1.165, 1.54) is 4.90 Å². The van der Waals surface area contributed by atoms with E-state index in [4.69, 9.17) is 4.74 Å². The Bertz CT molecular complexity index is 946. The van der Waals surface area contributed by atoms with Crippen molar-refractivity contribution >= 4 is 17.8 Å². The van der Waals surface area contributed by atoms with Crippen LogP contribution in [-0.2, 0) is 38.5 Å². The zero-order valence-electron chi connectivity index (χ0n) is 18.5. The second kappa shape index (κ2) is 10.9. The Hall–Kier alpha value is -3.19. The molecule has 1 heterocycles. The van der Waals surface area contributed by atoms with E-state index in [0.717, 1.165) is 16.7 Å². The molecule has 32 heavy (non-hydrogen) atoms. The van der Waals surface area contributed by atoms with Gasteiger partial charge in [-0.25, -0.2) is 4.79 Å². The fourth-order valence-electron chi connectivity index (χ4n) is 4.06. The number of aliphatic carboxylic acids is 1.